The maximum absolute atomic E-state index is 12.9. The average Bonchev–Trinajstić information content (AvgIpc) is 2.79. The third-order valence-electron chi connectivity index (χ3n) is 5.88. The number of amides is 1. The molecule has 0 bridgehead atoms. The number of rotatable bonds is 5. The molecule has 1 atom stereocenters. The number of aryl methyl sites for hydroxylation is 1. The van der Waals surface area contributed by atoms with Crippen LogP contribution in [0, 0.1) is 0 Å². The highest BCUT2D eigenvalue weighted by atomic mass is 32.2. The van der Waals surface area contributed by atoms with E-state index in [1.165, 1.54) is 34.6 Å². The van der Waals surface area contributed by atoms with Crippen molar-refractivity contribution < 1.29 is 17.6 Å². The van der Waals surface area contributed by atoms with Crippen molar-refractivity contribution in [3.63, 3.8) is 0 Å². The van der Waals surface area contributed by atoms with Crippen LogP contribution in [0.15, 0.2) is 62.6 Å². The number of anilines is 1. The maximum Gasteiger partial charge on any atom is 0.291 e. The van der Waals surface area contributed by atoms with Crippen molar-refractivity contribution in [2.24, 2.45) is 0 Å². The van der Waals surface area contributed by atoms with Crippen LogP contribution in [0.1, 0.15) is 49.2 Å². The van der Waals surface area contributed by atoms with Crippen molar-refractivity contribution in [2.45, 2.75) is 50.5 Å². The maximum atomic E-state index is 12.9. The van der Waals surface area contributed by atoms with Gasteiger partial charge in [-0.3, -0.25) is 9.59 Å². The first-order valence-electron chi connectivity index (χ1n) is 10.8. The largest absolute Gasteiger partial charge is 0.451 e. The summed E-state index contributed by atoms with van der Waals surface area (Å²) in [5, 5.41) is 3.09. The van der Waals surface area contributed by atoms with E-state index in [0.29, 0.717) is 23.2 Å². The van der Waals surface area contributed by atoms with Crippen molar-refractivity contribution in [3.8, 4) is 0 Å². The number of fused-ring (bicyclic) bond motifs is 1. The molecule has 1 aliphatic heterocycles. The number of carbonyl (C=O) groups is 1. The summed E-state index contributed by atoms with van der Waals surface area (Å²) in [5.74, 6) is -0.686. The number of carbonyl (C=O) groups excluding carboxylic acids is 1. The SMILES string of the molecule is CCc1ccc2oc(C(=O)Nc3ccc(S(=O)(=O)N4CCCCC4C)cc3)cc(=O)c2c1. The van der Waals surface area contributed by atoms with E-state index in [9.17, 15) is 18.0 Å². The molecule has 3 aromatic rings. The second kappa shape index (κ2) is 8.88. The third kappa shape index (κ3) is 4.33. The normalized spacial score (nSPS) is 17.4. The van der Waals surface area contributed by atoms with Crippen LogP contribution in [-0.4, -0.2) is 31.2 Å². The molecule has 0 saturated carbocycles. The zero-order chi connectivity index (χ0) is 22.9. The van der Waals surface area contributed by atoms with Gasteiger partial charge in [-0.05, 0) is 68.1 Å². The molecule has 7 nitrogen and oxygen atoms in total. The van der Waals surface area contributed by atoms with Crippen molar-refractivity contribution in [3.05, 3.63) is 70.1 Å². The molecule has 1 N–H and O–H groups in total. The van der Waals surface area contributed by atoms with Crippen LogP contribution in [0.25, 0.3) is 11.0 Å². The predicted molar refractivity (Wildman–Crippen MR) is 123 cm³/mol. The Labute approximate surface area is 187 Å². The Bertz CT molecular complexity index is 1310. The molecule has 2 heterocycles. The summed E-state index contributed by atoms with van der Waals surface area (Å²) in [6, 6.07) is 12.5. The van der Waals surface area contributed by atoms with Crippen LogP contribution in [-0.2, 0) is 16.4 Å². The fraction of sp³-hybridized carbons (Fsp3) is 0.333. The van der Waals surface area contributed by atoms with E-state index in [0.717, 1.165) is 31.2 Å². The van der Waals surface area contributed by atoms with Gasteiger partial charge in [-0.15, -0.1) is 0 Å². The Morgan fingerprint density at radius 1 is 1.12 bits per heavy atom. The molecule has 4 rings (SSSR count). The van der Waals surface area contributed by atoms with E-state index < -0.39 is 15.9 Å². The molecular weight excluding hydrogens is 428 g/mol. The minimum atomic E-state index is -3.58. The lowest BCUT2D eigenvalue weighted by molar-refractivity contribution is 0.0997. The van der Waals surface area contributed by atoms with Crippen molar-refractivity contribution in [1.82, 2.24) is 4.31 Å². The smallest absolute Gasteiger partial charge is 0.291 e. The first-order valence-corrected chi connectivity index (χ1v) is 12.2. The lowest BCUT2D eigenvalue weighted by Gasteiger charge is -2.32. The molecule has 8 heteroatoms. The Morgan fingerprint density at radius 3 is 2.56 bits per heavy atom. The monoisotopic (exact) mass is 454 g/mol. The summed E-state index contributed by atoms with van der Waals surface area (Å²) in [6.07, 6.45) is 3.53. The fourth-order valence-corrected chi connectivity index (χ4v) is 5.70. The second-order valence-electron chi connectivity index (χ2n) is 8.10. The number of sulfonamides is 1. The molecule has 32 heavy (non-hydrogen) atoms. The summed E-state index contributed by atoms with van der Waals surface area (Å²) in [6.45, 7) is 4.43. The molecule has 1 aliphatic rings. The van der Waals surface area contributed by atoms with Gasteiger partial charge >= 0.3 is 0 Å². The van der Waals surface area contributed by atoms with Gasteiger partial charge < -0.3 is 9.73 Å². The van der Waals surface area contributed by atoms with E-state index in [-0.39, 0.29) is 22.1 Å². The summed E-state index contributed by atoms with van der Waals surface area (Å²) in [7, 11) is -3.58. The zero-order valence-electron chi connectivity index (χ0n) is 18.1. The third-order valence-corrected chi connectivity index (χ3v) is 7.91. The number of hydrogen-bond acceptors (Lipinski definition) is 5. The first kappa shape index (κ1) is 22.2. The molecule has 168 valence electrons. The van der Waals surface area contributed by atoms with Gasteiger partial charge in [-0.2, -0.15) is 4.31 Å². The number of nitrogens with zero attached hydrogens (tertiary/aromatic N) is 1. The van der Waals surface area contributed by atoms with E-state index in [2.05, 4.69) is 5.32 Å². The van der Waals surface area contributed by atoms with Gasteiger partial charge in [0.15, 0.2) is 11.2 Å². The number of hydrogen-bond donors (Lipinski definition) is 1. The van der Waals surface area contributed by atoms with Gasteiger partial charge in [0.2, 0.25) is 10.0 Å². The quantitative estimate of drug-likeness (QED) is 0.624. The molecule has 1 fully saturated rings. The molecule has 1 amide bonds. The first-order chi connectivity index (χ1) is 15.3. The van der Waals surface area contributed by atoms with E-state index >= 15 is 0 Å². The highest BCUT2D eigenvalue weighted by Gasteiger charge is 2.30. The molecule has 0 radical (unpaired) electrons. The minimum absolute atomic E-state index is 0.0302. The molecular formula is C24H26N2O5S. The van der Waals surface area contributed by atoms with Crippen LogP contribution in [0.4, 0.5) is 5.69 Å². The molecule has 2 aromatic carbocycles. The number of benzene rings is 2. The van der Waals surface area contributed by atoms with Crippen LogP contribution >= 0.6 is 0 Å². The number of piperidine rings is 1. The number of nitrogens with one attached hydrogen (secondary N) is 1. The molecule has 1 unspecified atom stereocenters. The van der Waals surface area contributed by atoms with Crippen LogP contribution in [0.2, 0.25) is 0 Å². The van der Waals surface area contributed by atoms with Gasteiger partial charge in [0.1, 0.15) is 5.58 Å². The Balaban J connectivity index is 1.53. The van der Waals surface area contributed by atoms with Crippen LogP contribution < -0.4 is 10.7 Å². The van der Waals surface area contributed by atoms with Crippen molar-refractivity contribution in [1.29, 1.82) is 0 Å². The Morgan fingerprint density at radius 2 is 1.88 bits per heavy atom. The minimum Gasteiger partial charge on any atom is -0.451 e. The summed E-state index contributed by atoms with van der Waals surface area (Å²) < 4.78 is 33.1. The summed E-state index contributed by atoms with van der Waals surface area (Å²) >= 11 is 0. The zero-order valence-corrected chi connectivity index (χ0v) is 18.9. The summed E-state index contributed by atoms with van der Waals surface area (Å²) in [5.41, 5.74) is 1.47. The van der Waals surface area contributed by atoms with Gasteiger partial charge in [-0.1, -0.05) is 19.4 Å². The van der Waals surface area contributed by atoms with Gasteiger partial charge in [0, 0.05) is 24.3 Å². The summed E-state index contributed by atoms with van der Waals surface area (Å²) in [4.78, 5) is 25.3. The van der Waals surface area contributed by atoms with Gasteiger partial charge in [0.25, 0.3) is 5.91 Å². The van der Waals surface area contributed by atoms with Crippen LogP contribution in [0.3, 0.4) is 0 Å². The lowest BCUT2D eigenvalue weighted by Crippen LogP contribution is -2.41. The van der Waals surface area contributed by atoms with Crippen molar-refractivity contribution in [2.75, 3.05) is 11.9 Å². The van der Waals surface area contributed by atoms with Crippen molar-refractivity contribution >= 4 is 32.6 Å². The average molecular weight is 455 g/mol. The molecule has 0 spiro atoms. The Hall–Kier alpha value is -2.97. The van der Waals surface area contributed by atoms with E-state index in [1.54, 1.807) is 12.1 Å². The lowest BCUT2D eigenvalue weighted by atomic mass is 10.1. The van der Waals surface area contributed by atoms with E-state index in [4.69, 9.17) is 4.42 Å². The van der Waals surface area contributed by atoms with Crippen LogP contribution in [0.5, 0.6) is 0 Å². The highest BCUT2D eigenvalue weighted by Crippen LogP contribution is 2.26. The fourth-order valence-electron chi connectivity index (χ4n) is 4.00. The predicted octanol–water partition coefficient (Wildman–Crippen LogP) is 4.17. The Kier molecular flexibility index (Phi) is 6.17. The van der Waals surface area contributed by atoms with E-state index in [1.807, 2.05) is 19.9 Å². The standard InChI is InChI=1S/C24H26N2O5S/c1-3-17-7-12-22-20(14-17)21(27)15-23(31-22)24(28)25-18-8-10-19(11-9-18)32(29,30)26-13-5-4-6-16(26)2/h7-12,14-16H,3-6,13H2,1-2H3,(H,25,28). The van der Waals surface area contributed by atoms with Gasteiger partial charge in [-0.25, -0.2) is 8.42 Å². The van der Waals surface area contributed by atoms with Gasteiger partial charge in [0.05, 0.1) is 10.3 Å². The molecule has 0 aliphatic carbocycles. The molecule has 1 aromatic heterocycles. The molecule has 1 saturated heterocycles. The topological polar surface area (TPSA) is 96.7 Å². The second-order valence-corrected chi connectivity index (χ2v) is 9.99. The highest BCUT2D eigenvalue weighted by molar-refractivity contribution is 7.89.